The van der Waals surface area contributed by atoms with Crippen molar-refractivity contribution in [1.29, 1.82) is 0 Å². The summed E-state index contributed by atoms with van der Waals surface area (Å²) in [5.41, 5.74) is 9.03. The summed E-state index contributed by atoms with van der Waals surface area (Å²) in [6.07, 6.45) is 0. The molecule has 0 N–H and O–H groups in total. The third-order valence-corrected chi connectivity index (χ3v) is 11.9. The number of furan rings is 1. The molecule has 0 unspecified atom stereocenters. The van der Waals surface area contributed by atoms with Gasteiger partial charge in [-0.1, -0.05) is 0 Å². The van der Waals surface area contributed by atoms with Crippen LogP contribution in [-0.2, 0) is 0 Å². The molecule has 3 aromatic heterocycles. The maximum absolute atomic E-state index is 6.30. The molecule has 3 heterocycles. The Balaban J connectivity index is 1.27. The Morgan fingerprint density at radius 1 is 0.380 bits per heavy atom. The summed E-state index contributed by atoms with van der Waals surface area (Å²) in [4.78, 5) is 15.9. The molecule has 0 aliphatic heterocycles. The first kappa shape index (κ1) is 28.8. The van der Waals surface area contributed by atoms with Crippen molar-refractivity contribution in [2.45, 2.75) is 0 Å². The van der Waals surface area contributed by atoms with Crippen molar-refractivity contribution in [2.24, 2.45) is 0 Å². The van der Waals surface area contributed by atoms with Crippen LogP contribution in [0.25, 0.3) is 97.6 Å². The van der Waals surface area contributed by atoms with Crippen LogP contribution in [0.2, 0.25) is 0 Å². The van der Waals surface area contributed by atoms with Crippen LogP contribution >= 0.6 is 0 Å². The Labute approximate surface area is 294 Å². The van der Waals surface area contributed by atoms with Crippen molar-refractivity contribution in [3.05, 3.63) is 164 Å². The molecule has 10 rings (SSSR count). The van der Waals surface area contributed by atoms with Crippen LogP contribution in [0.4, 0.5) is 0 Å². The third-order valence-electron chi connectivity index (χ3n) is 9.33. The molecule has 0 spiro atoms. The van der Waals surface area contributed by atoms with Gasteiger partial charge in [-0.05, 0) is 0 Å². The van der Waals surface area contributed by atoms with Crippen LogP contribution in [0, 0.1) is 0 Å². The average molecular weight is 705 g/mol. The second-order valence-corrected chi connectivity index (χ2v) is 14.6. The summed E-state index contributed by atoms with van der Waals surface area (Å²) in [7, 11) is 0. The van der Waals surface area contributed by atoms with Crippen molar-refractivity contribution in [3.63, 3.8) is 0 Å². The van der Waals surface area contributed by atoms with Crippen molar-refractivity contribution in [1.82, 2.24) is 15.0 Å². The molecular weight excluding hydrogens is 677 g/mol. The number of para-hydroxylation sites is 1. The van der Waals surface area contributed by atoms with E-state index in [9.17, 15) is 0 Å². The summed E-state index contributed by atoms with van der Waals surface area (Å²) in [6, 6.07) is 57.2. The van der Waals surface area contributed by atoms with Gasteiger partial charge in [-0.2, -0.15) is 0 Å². The minimum atomic E-state index is 0.129. The molecule has 0 aliphatic carbocycles. The van der Waals surface area contributed by atoms with Crippen molar-refractivity contribution in [2.75, 3.05) is 0 Å². The Morgan fingerprint density at radius 3 is 1.68 bits per heavy atom. The van der Waals surface area contributed by atoms with Crippen LogP contribution in [0.15, 0.2) is 168 Å². The van der Waals surface area contributed by atoms with E-state index in [1.807, 2.05) is 42.5 Å². The predicted octanol–water partition coefficient (Wildman–Crippen LogP) is 11.5. The van der Waals surface area contributed by atoms with Crippen LogP contribution in [0.5, 0.6) is 0 Å². The van der Waals surface area contributed by atoms with E-state index in [4.69, 9.17) is 19.4 Å². The monoisotopic (exact) mass is 705 g/mol. The summed E-state index contributed by atoms with van der Waals surface area (Å²) in [5.74, 6) is 1.92. The van der Waals surface area contributed by atoms with E-state index in [-0.39, 0.29) is 14.5 Å². The summed E-state index contributed by atoms with van der Waals surface area (Å²) in [6.45, 7) is 0. The number of benzene rings is 7. The normalized spacial score (nSPS) is 11.6. The molecule has 0 amide bonds. The van der Waals surface area contributed by atoms with Crippen LogP contribution < -0.4 is 0 Å². The predicted molar refractivity (Wildman–Crippen MR) is 206 cm³/mol. The number of nitrogens with zero attached hydrogens (tertiary/aromatic N) is 3. The molecule has 10 aromatic rings. The van der Waals surface area contributed by atoms with Gasteiger partial charge >= 0.3 is 295 Å². The fraction of sp³-hybridized carbons (Fsp3) is 0. The SMILES string of the molecule is c1ccc(-c2cc(-c3ccccc3)cc(-c3nc(-c4cccc5c4[se]c4ccccc45)nc(-c4cccc5oc6ccccc6c45)n3)c2)cc1. The third kappa shape index (κ3) is 4.87. The first-order valence-electron chi connectivity index (χ1n) is 16.6. The maximum atomic E-state index is 6.30. The van der Waals surface area contributed by atoms with E-state index in [2.05, 4.69) is 121 Å². The zero-order valence-electron chi connectivity index (χ0n) is 26.7. The number of aromatic nitrogens is 3. The van der Waals surface area contributed by atoms with Gasteiger partial charge in [0.1, 0.15) is 0 Å². The van der Waals surface area contributed by atoms with Crippen molar-refractivity contribution in [3.8, 4) is 56.4 Å². The number of rotatable bonds is 5. The van der Waals surface area contributed by atoms with Crippen molar-refractivity contribution < 1.29 is 4.42 Å². The first-order chi connectivity index (χ1) is 24.8. The van der Waals surface area contributed by atoms with E-state index in [0.29, 0.717) is 17.5 Å². The Morgan fingerprint density at radius 2 is 0.920 bits per heavy atom. The van der Waals surface area contributed by atoms with Gasteiger partial charge in [0.2, 0.25) is 0 Å². The number of hydrogen-bond acceptors (Lipinski definition) is 4. The molecule has 50 heavy (non-hydrogen) atoms. The standard InChI is InChI=1S/C45H27N3OSe/c1-3-13-28(14-4-1)30-25-31(29-15-5-2-6-16-29)27-32(26-30)43-46-44(36-20-12-23-39-41(36)35-18-7-9-22-38(35)49-39)48-45(47-43)37-21-11-19-34-33-17-8-10-24-40(33)50-42(34)37/h1-27H. The quantitative estimate of drug-likeness (QED) is 0.167. The van der Waals surface area contributed by atoms with Crippen LogP contribution in [-0.4, -0.2) is 29.5 Å². The van der Waals surface area contributed by atoms with E-state index in [1.165, 1.54) is 19.3 Å². The Kier molecular flexibility index (Phi) is 6.80. The molecule has 0 atom stereocenters. The number of fused-ring (bicyclic) bond motifs is 6. The minimum absolute atomic E-state index is 0.129. The molecule has 0 radical (unpaired) electrons. The molecule has 0 aliphatic rings. The second kappa shape index (κ2) is 11.8. The fourth-order valence-corrected chi connectivity index (χ4v) is 9.52. The molecule has 7 aromatic carbocycles. The molecule has 4 nitrogen and oxygen atoms in total. The van der Waals surface area contributed by atoms with Gasteiger partial charge in [-0.3, -0.25) is 0 Å². The zero-order valence-corrected chi connectivity index (χ0v) is 28.5. The van der Waals surface area contributed by atoms with E-state index in [0.717, 1.165) is 60.9 Å². The van der Waals surface area contributed by atoms with Crippen molar-refractivity contribution >= 4 is 55.7 Å². The van der Waals surface area contributed by atoms with Gasteiger partial charge in [0.05, 0.1) is 0 Å². The Hall–Kier alpha value is -6.13. The topological polar surface area (TPSA) is 51.8 Å². The van der Waals surface area contributed by atoms with Gasteiger partial charge in [0.25, 0.3) is 0 Å². The first-order valence-corrected chi connectivity index (χ1v) is 18.3. The Bertz CT molecular complexity index is 2820. The number of hydrogen-bond donors (Lipinski definition) is 0. The molecule has 0 fully saturated rings. The average Bonchev–Trinajstić information content (AvgIpc) is 3.77. The van der Waals surface area contributed by atoms with E-state index >= 15 is 0 Å². The molecule has 0 saturated heterocycles. The molecule has 5 heteroatoms. The van der Waals surface area contributed by atoms with E-state index < -0.39 is 0 Å². The summed E-state index contributed by atoms with van der Waals surface area (Å²) in [5, 5.41) is 4.61. The molecule has 0 saturated carbocycles. The zero-order chi connectivity index (χ0) is 33.0. The molecule has 0 bridgehead atoms. The summed E-state index contributed by atoms with van der Waals surface area (Å²) < 4.78 is 8.99. The van der Waals surface area contributed by atoms with Gasteiger partial charge in [-0.15, -0.1) is 0 Å². The van der Waals surface area contributed by atoms with Gasteiger partial charge in [0.15, 0.2) is 0 Å². The van der Waals surface area contributed by atoms with Gasteiger partial charge in [-0.25, -0.2) is 0 Å². The van der Waals surface area contributed by atoms with Gasteiger partial charge < -0.3 is 0 Å². The van der Waals surface area contributed by atoms with Crippen LogP contribution in [0.3, 0.4) is 0 Å². The van der Waals surface area contributed by atoms with Crippen LogP contribution in [0.1, 0.15) is 0 Å². The molecule has 234 valence electrons. The van der Waals surface area contributed by atoms with Gasteiger partial charge in [0, 0.05) is 0 Å². The summed E-state index contributed by atoms with van der Waals surface area (Å²) >= 11 is 0.129. The second-order valence-electron chi connectivity index (χ2n) is 12.4. The fourth-order valence-electron chi connectivity index (χ4n) is 6.98. The van der Waals surface area contributed by atoms with E-state index in [1.54, 1.807) is 0 Å². The molecular formula is C45H27N3OSe.